The summed E-state index contributed by atoms with van der Waals surface area (Å²) in [5.74, 6) is 0.505. The summed E-state index contributed by atoms with van der Waals surface area (Å²) in [6.45, 7) is 5.41. The van der Waals surface area contributed by atoms with Gasteiger partial charge in [-0.25, -0.2) is 0 Å². The summed E-state index contributed by atoms with van der Waals surface area (Å²) in [5, 5.41) is 3.40. The highest BCUT2D eigenvalue weighted by Gasteiger charge is 1.95. The predicted molar refractivity (Wildman–Crippen MR) is 29.0 cm³/mol. The van der Waals surface area contributed by atoms with E-state index in [1.807, 2.05) is 6.92 Å². The highest BCUT2D eigenvalue weighted by atomic mass is 16.5. The molecular weight excluding hydrogens is 104 g/mol. The monoisotopic (exact) mass is 110 g/mol. The lowest BCUT2D eigenvalue weighted by atomic mass is 10.4. The number of rotatable bonds is 1. The molecule has 0 bridgehead atoms. The number of hydrogen-bond donors (Lipinski definition) is 0. The first kappa shape index (κ1) is 5.03. The first-order chi connectivity index (χ1) is 3.80. The van der Waals surface area contributed by atoms with Gasteiger partial charge in [0.1, 0.15) is 0 Å². The van der Waals surface area contributed by atoms with Crippen LogP contribution in [0.1, 0.15) is 12.8 Å². The fraction of sp³-hybridized carbons (Fsp3) is 0.200. The van der Waals surface area contributed by atoms with Gasteiger partial charge in [0, 0.05) is 5.57 Å². The van der Waals surface area contributed by atoms with Crippen molar-refractivity contribution in [3.05, 3.63) is 18.8 Å². The second-order valence-electron chi connectivity index (χ2n) is 1.53. The largest absolute Gasteiger partial charge is 0.335 e. The Kier molecular flexibility index (Phi) is 1.12. The Morgan fingerprint density at radius 1 is 1.88 bits per heavy atom. The molecule has 0 saturated carbocycles. The van der Waals surface area contributed by atoms with Gasteiger partial charge in [-0.3, -0.25) is 0 Å². The molecule has 0 aliphatic rings. The van der Waals surface area contributed by atoms with Gasteiger partial charge in [0.2, 0.25) is 0 Å². The van der Waals surface area contributed by atoms with Crippen molar-refractivity contribution < 1.29 is 4.52 Å². The van der Waals surface area contributed by atoms with Crippen LogP contribution in [0.25, 0.3) is 5.57 Å². The van der Waals surface area contributed by atoms with Crippen LogP contribution in [0, 0.1) is 0 Å². The lowest BCUT2D eigenvalue weighted by Crippen LogP contribution is -1.72. The van der Waals surface area contributed by atoms with E-state index in [1.54, 1.807) is 0 Å². The van der Waals surface area contributed by atoms with Crippen molar-refractivity contribution in [3.63, 3.8) is 0 Å². The van der Waals surface area contributed by atoms with Crippen LogP contribution in [0.2, 0.25) is 0 Å². The maximum Gasteiger partial charge on any atom is 0.252 e. The molecular formula is C5H6N2O. The third-order valence-corrected chi connectivity index (χ3v) is 0.726. The summed E-state index contributed by atoms with van der Waals surface area (Å²) in [7, 11) is 0. The summed E-state index contributed by atoms with van der Waals surface area (Å²) in [6.07, 6.45) is 1.35. The van der Waals surface area contributed by atoms with Crippen molar-refractivity contribution in [2.75, 3.05) is 0 Å². The normalized spacial score (nSPS) is 9.12. The standard InChI is InChI=1S/C5H6N2O/c1-4(2)5-6-3-7-8-5/h3H,1H2,2H3. The SMILES string of the molecule is C=C(C)c1ncno1. The summed E-state index contributed by atoms with van der Waals surface area (Å²) >= 11 is 0. The summed E-state index contributed by atoms with van der Waals surface area (Å²) in [4.78, 5) is 3.74. The van der Waals surface area contributed by atoms with Gasteiger partial charge in [-0.1, -0.05) is 11.7 Å². The zero-order chi connectivity index (χ0) is 5.98. The maximum absolute atomic E-state index is 4.63. The lowest BCUT2D eigenvalue weighted by molar-refractivity contribution is 0.406. The van der Waals surface area contributed by atoms with Crippen molar-refractivity contribution in [2.45, 2.75) is 6.92 Å². The molecule has 1 aromatic rings. The minimum atomic E-state index is 0.505. The van der Waals surface area contributed by atoms with Crippen LogP contribution >= 0.6 is 0 Å². The van der Waals surface area contributed by atoms with Crippen molar-refractivity contribution in [1.82, 2.24) is 10.1 Å². The number of aromatic nitrogens is 2. The van der Waals surface area contributed by atoms with Gasteiger partial charge < -0.3 is 4.52 Å². The Bertz CT molecular complexity index is 178. The second-order valence-corrected chi connectivity index (χ2v) is 1.53. The van der Waals surface area contributed by atoms with Crippen LogP contribution in [0.5, 0.6) is 0 Å². The van der Waals surface area contributed by atoms with Crippen molar-refractivity contribution in [1.29, 1.82) is 0 Å². The minimum absolute atomic E-state index is 0.505. The van der Waals surface area contributed by atoms with Crippen LogP contribution in [0.3, 0.4) is 0 Å². The molecule has 0 aliphatic carbocycles. The van der Waals surface area contributed by atoms with E-state index in [-0.39, 0.29) is 0 Å². The Morgan fingerprint density at radius 3 is 2.88 bits per heavy atom. The Hall–Kier alpha value is -1.12. The molecule has 0 amide bonds. The molecule has 0 aromatic carbocycles. The Labute approximate surface area is 47.0 Å². The van der Waals surface area contributed by atoms with Crippen molar-refractivity contribution in [2.24, 2.45) is 0 Å². The topological polar surface area (TPSA) is 38.9 Å². The predicted octanol–water partition coefficient (Wildman–Crippen LogP) is 1.10. The Morgan fingerprint density at radius 2 is 2.62 bits per heavy atom. The maximum atomic E-state index is 4.63. The molecule has 42 valence electrons. The zero-order valence-electron chi connectivity index (χ0n) is 4.59. The molecule has 1 heterocycles. The second kappa shape index (κ2) is 1.78. The molecule has 1 rings (SSSR count). The first-order valence-electron chi connectivity index (χ1n) is 2.23. The van der Waals surface area contributed by atoms with Gasteiger partial charge in [0.05, 0.1) is 0 Å². The van der Waals surface area contributed by atoms with E-state index < -0.39 is 0 Å². The minimum Gasteiger partial charge on any atom is -0.335 e. The van der Waals surface area contributed by atoms with Crippen LogP contribution in [0.4, 0.5) is 0 Å². The van der Waals surface area contributed by atoms with Gasteiger partial charge in [-0.05, 0) is 6.92 Å². The molecule has 3 heteroatoms. The van der Waals surface area contributed by atoms with E-state index in [0.29, 0.717) is 5.89 Å². The molecule has 0 fully saturated rings. The van der Waals surface area contributed by atoms with Crippen LogP contribution < -0.4 is 0 Å². The van der Waals surface area contributed by atoms with Crippen LogP contribution in [-0.2, 0) is 0 Å². The molecule has 0 atom stereocenters. The first-order valence-corrected chi connectivity index (χ1v) is 2.23. The number of allylic oxidation sites excluding steroid dienone is 1. The average molecular weight is 110 g/mol. The summed E-state index contributed by atoms with van der Waals surface area (Å²) in [5.41, 5.74) is 0.794. The highest BCUT2D eigenvalue weighted by Crippen LogP contribution is 2.03. The zero-order valence-corrected chi connectivity index (χ0v) is 4.59. The molecule has 0 saturated heterocycles. The van der Waals surface area contributed by atoms with E-state index in [0.717, 1.165) is 5.57 Å². The molecule has 0 spiro atoms. The van der Waals surface area contributed by atoms with Gasteiger partial charge in [0.15, 0.2) is 6.33 Å². The molecule has 0 unspecified atom stereocenters. The van der Waals surface area contributed by atoms with Gasteiger partial charge in [-0.2, -0.15) is 4.98 Å². The molecule has 0 aliphatic heterocycles. The molecule has 3 nitrogen and oxygen atoms in total. The molecule has 1 aromatic heterocycles. The molecule has 8 heavy (non-hydrogen) atoms. The third-order valence-electron chi connectivity index (χ3n) is 0.726. The van der Waals surface area contributed by atoms with Crippen molar-refractivity contribution >= 4 is 5.57 Å². The fourth-order valence-corrected chi connectivity index (χ4v) is 0.361. The van der Waals surface area contributed by atoms with E-state index in [4.69, 9.17) is 0 Å². The number of hydrogen-bond acceptors (Lipinski definition) is 3. The quantitative estimate of drug-likeness (QED) is 0.543. The fourth-order valence-electron chi connectivity index (χ4n) is 0.361. The van der Waals surface area contributed by atoms with Crippen LogP contribution in [0.15, 0.2) is 17.4 Å². The van der Waals surface area contributed by atoms with E-state index in [2.05, 4.69) is 21.2 Å². The van der Waals surface area contributed by atoms with Gasteiger partial charge in [-0.15, -0.1) is 0 Å². The van der Waals surface area contributed by atoms with Crippen molar-refractivity contribution in [3.8, 4) is 0 Å². The number of nitrogens with zero attached hydrogens (tertiary/aromatic N) is 2. The van der Waals surface area contributed by atoms with E-state index in [1.165, 1.54) is 6.33 Å². The summed E-state index contributed by atoms with van der Waals surface area (Å²) in [6, 6.07) is 0. The summed E-state index contributed by atoms with van der Waals surface area (Å²) < 4.78 is 4.63. The third kappa shape index (κ3) is 0.753. The van der Waals surface area contributed by atoms with Gasteiger partial charge in [0.25, 0.3) is 5.89 Å². The molecule has 0 radical (unpaired) electrons. The highest BCUT2D eigenvalue weighted by molar-refractivity contribution is 5.51. The smallest absolute Gasteiger partial charge is 0.252 e. The van der Waals surface area contributed by atoms with Crippen LogP contribution in [-0.4, -0.2) is 10.1 Å². The van der Waals surface area contributed by atoms with E-state index in [9.17, 15) is 0 Å². The Balaban J connectivity index is 2.93. The molecule has 0 N–H and O–H groups in total. The van der Waals surface area contributed by atoms with E-state index >= 15 is 0 Å². The van der Waals surface area contributed by atoms with Gasteiger partial charge >= 0.3 is 0 Å². The lowest BCUT2D eigenvalue weighted by Gasteiger charge is -1.81. The average Bonchev–Trinajstić information content (AvgIpc) is 2.12.